The second kappa shape index (κ2) is 10.5. The van der Waals surface area contributed by atoms with E-state index in [9.17, 15) is 4.79 Å². The second-order valence-electron chi connectivity index (χ2n) is 9.24. The van der Waals surface area contributed by atoms with Gasteiger partial charge in [-0.2, -0.15) is 0 Å². The molecular formula is C34H29NO. The standard InChI is InChI=1S/C34H29NO/c1-25-8-16-29(17-9-25)34(36)30-18-12-27(13-19-30)24-28-14-22-33(23-15-28)35(31-6-4-3-5-7-31)32-20-10-26(2)11-21-32/h3-23H,24H2,1-2H3. The predicted molar refractivity (Wildman–Crippen MR) is 150 cm³/mol. The molecule has 2 heteroatoms. The number of ketones is 1. The second-order valence-corrected chi connectivity index (χ2v) is 9.24. The minimum Gasteiger partial charge on any atom is -0.311 e. The van der Waals surface area contributed by atoms with Gasteiger partial charge in [-0.25, -0.2) is 0 Å². The van der Waals surface area contributed by atoms with Gasteiger partial charge in [-0.05, 0) is 67.8 Å². The Balaban J connectivity index is 1.34. The molecule has 36 heavy (non-hydrogen) atoms. The fourth-order valence-electron chi connectivity index (χ4n) is 4.36. The number of rotatable bonds is 7. The van der Waals surface area contributed by atoms with Crippen LogP contribution in [0.25, 0.3) is 0 Å². The Hall–Kier alpha value is -4.43. The molecule has 0 N–H and O–H groups in total. The lowest BCUT2D eigenvalue weighted by Crippen LogP contribution is -2.09. The van der Waals surface area contributed by atoms with E-state index in [0.29, 0.717) is 0 Å². The molecule has 0 spiro atoms. The maximum atomic E-state index is 12.8. The number of nitrogens with zero attached hydrogens (tertiary/aromatic N) is 1. The van der Waals surface area contributed by atoms with Gasteiger partial charge in [-0.3, -0.25) is 4.79 Å². The van der Waals surface area contributed by atoms with Gasteiger partial charge < -0.3 is 4.90 Å². The fourth-order valence-corrected chi connectivity index (χ4v) is 4.36. The van der Waals surface area contributed by atoms with Crippen LogP contribution in [0.4, 0.5) is 17.1 Å². The Labute approximate surface area is 213 Å². The van der Waals surface area contributed by atoms with E-state index in [1.165, 1.54) is 16.7 Å². The summed E-state index contributed by atoms with van der Waals surface area (Å²) in [5.41, 5.74) is 9.63. The Morgan fingerprint density at radius 3 is 1.42 bits per heavy atom. The first-order valence-corrected chi connectivity index (χ1v) is 12.3. The minimum atomic E-state index is 0.0583. The SMILES string of the molecule is Cc1ccc(C(=O)c2ccc(Cc3ccc(N(c4ccccc4)c4ccc(C)cc4)cc3)cc2)cc1. The normalized spacial score (nSPS) is 10.7. The minimum absolute atomic E-state index is 0.0583. The van der Waals surface area contributed by atoms with E-state index in [0.717, 1.165) is 40.2 Å². The van der Waals surface area contributed by atoms with E-state index in [1.54, 1.807) is 0 Å². The van der Waals surface area contributed by atoms with Crippen LogP contribution >= 0.6 is 0 Å². The average Bonchev–Trinajstić information content (AvgIpc) is 2.92. The third kappa shape index (κ3) is 5.29. The van der Waals surface area contributed by atoms with Crippen LogP contribution in [-0.2, 0) is 6.42 Å². The van der Waals surface area contributed by atoms with Crippen molar-refractivity contribution < 1.29 is 4.79 Å². The van der Waals surface area contributed by atoms with E-state index in [4.69, 9.17) is 0 Å². The molecule has 5 rings (SSSR count). The molecule has 0 unspecified atom stereocenters. The Bertz CT molecular complexity index is 1430. The highest BCUT2D eigenvalue weighted by Crippen LogP contribution is 2.34. The third-order valence-corrected chi connectivity index (χ3v) is 6.44. The van der Waals surface area contributed by atoms with Crippen LogP contribution in [0.15, 0.2) is 127 Å². The van der Waals surface area contributed by atoms with Gasteiger partial charge in [0.2, 0.25) is 0 Å². The molecule has 0 aromatic heterocycles. The molecule has 0 radical (unpaired) electrons. The van der Waals surface area contributed by atoms with Gasteiger partial charge in [-0.1, -0.05) is 102 Å². The van der Waals surface area contributed by atoms with Crippen molar-refractivity contribution in [1.29, 1.82) is 0 Å². The van der Waals surface area contributed by atoms with Gasteiger partial charge in [0, 0.05) is 28.2 Å². The first kappa shape index (κ1) is 23.3. The summed E-state index contributed by atoms with van der Waals surface area (Å²) in [5, 5.41) is 0. The smallest absolute Gasteiger partial charge is 0.193 e. The van der Waals surface area contributed by atoms with Crippen LogP contribution in [0.5, 0.6) is 0 Å². The molecule has 0 aliphatic rings. The molecule has 0 fully saturated rings. The van der Waals surface area contributed by atoms with E-state index in [1.807, 2.05) is 49.4 Å². The Kier molecular flexibility index (Phi) is 6.77. The highest BCUT2D eigenvalue weighted by molar-refractivity contribution is 6.09. The molecule has 0 aliphatic heterocycles. The number of hydrogen-bond acceptors (Lipinski definition) is 2. The van der Waals surface area contributed by atoms with Crippen molar-refractivity contribution in [1.82, 2.24) is 0 Å². The Morgan fingerprint density at radius 2 is 0.889 bits per heavy atom. The van der Waals surface area contributed by atoms with E-state index in [2.05, 4.69) is 96.8 Å². The molecule has 0 saturated carbocycles. The number of carbonyl (C=O) groups is 1. The lowest BCUT2D eigenvalue weighted by Gasteiger charge is -2.25. The zero-order valence-corrected chi connectivity index (χ0v) is 20.7. The van der Waals surface area contributed by atoms with Crippen LogP contribution in [0, 0.1) is 13.8 Å². The number of aryl methyl sites for hydroxylation is 2. The lowest BCUT2D eigenvalue weighted by molar-refractivity contribution is 0.103. The highest BCUT2D eigenvalue weighted by atomic mass is 16.1. The van der Waals surface area contributed by atoms with E-state index in [-0.39, 0.29) is 5.78 Å². The summed E-state index contributed by atoms with van der Waals surface area (Å²) in [4.78, 5) is 15.0. The summed E-state index contributed by atoms with van der Waals surface area (Å²) < 4.78 is 0. The van der Waals surface area contributed by atoms with Crippen LogP contribution in [0.2, 0.25) is 0 Å². The lowest BCUT2D eigenvalue weighted by atomic mass is 9.99. The van der Waals surface area contributed by atoms with Crippen molar-refractivity contribution in [3.63, 3.8) is 0 Å². The Morgan fingerprint density at radius 1 is 0.500 bits per heavy atom. The highest BCUT2D eigenvalue weighted by Gasteiger charge is 2.12. The van der Waals surface area contributed by atoms with E-state index >= 15 is 0 Å². The molecule has 0 aliphatic carbocycles. The summed E-state index contributed by atoms with van der Waals surface area (Å²) in [7, 11) is 0. The van der Waals surface area contributed by atoms with Gasteiger partial charge >= 0.3 is 0 Å². The van der Waals surface area contributed by atoms with Crippen LogP contribution in [0.1, 0.15) is 38.2 Å². The van der Waals surface area contributed by atoms with Crippen LogP contribution in [0.3, 0.4) is 0 Å². The largest absolute Gasteiger partial charge is 0.311 e. The third-order valence-electron chi connectivity index (χ3n) is 6.44. The average molecular weight is 468 g/mol. The van der Waals surface area contributed by atoms with Gasteiger partial charge in [0.25, 0.3) is 0 Å². The maximum Gasteiger partial charge on any atom is 0.193 e. The number of para-hydroxylation sites is 1. The molecule has 5 aromatic carbocycles. The van der Waals surface area contributed by atoms with Crippen molar-refractivity contribution in [3.8, 4) is 0 Å². The zero-order chi connectivity index (χ0) is 24.9. The van der Waals surface area contributed by atoms with Crippen molar-refractivity contribution in [2.45, 2.75) is 20.3 Å². The number of hydrogen-bond donors (Lipinski definition) is 0. The molecule has 0 saturated heterocycles. The molecule has 0 atom stereocenters. The topological polar surface area (TPSA) is 20.3 Å². The molecule has 0 amide bonds. The fraction of sp³-hybridized carbons (Fsp3) is 0.0882. The summed E-state index contributed by atoms with van der Waals surface area (Å²) >= 11 is 0. The van der Waals surface area contributed by atoms with Gasteiger partial charge in [-0.15, -0.1) is 0 Å². The van der Waals surface area contributed by atoms with Gasteiger partial charge in [0.05, 0.1) is 0 Å². The van der Waals surface area contributed by atoms with Gasteiger partial charge in [0.15, 0.2) is 5.78 Å². The monoisotopic (exact) mass is 467 g/mol. The van der Waals surface area contributed by atoms with Crippen LogP contribution in [-0.4, -0.2) is 5.78 Å². The van der Waals surface area contributed by atoms with Crippen molar-refractivity contribution >= 4 is 22.8 Å². The predicted octanol–water partition coefficient (Wildman–Crippen LogP) is 8.60. The summed E-state index contributed by atoms with van der Waals surface area (Å²) in [6.07, 6.45) is 0.815. The molecular weight excluding hydrogens is 438 g/mol. The zero-order valence-electron chi connectivity index (χ0n) is 20.7. The van der Waals surface area contributed by atoms with Crippen molar-refractivity contribution in [2.24, 2.45) is 0 Å². The summed E-state index contributed by atoms with van der Waals surface area (Å²) in [6, 6.07) is 43.5. The first-order valence-electron chi connectivity index (χ1n) is 12.3. The molecule has 2 nitrogen and oxygen atoms in total. The maximum absolute atomic E-state index is 12.8. The molecule has 176 valence electrons. The first-order chi connectivity index (χ1) is 17.6. The quantitative estimate of drug-likeness (QED) is 0.223. The number of benzene rings is 5. The van der Waals surface area contributed by atoms with Crippen molar-refractivity contribution in [3.05, 3.63) is 161 Å². The molecule has 0 bridgehead atoms. The summed E-state index contributed by atoms with van der Waals surface area (Å²) in [6.45, 7) is 4.13. The van der Waals surface area contributed by atoms with Crippen molar-refractivity contribution in [2.75, 3.05) is 4.90 Å². The molecule has 5 aromatic rings. The van der Waals surface area contributed by atoms with E-state index < -0.39 is 0 Å². The van der Waals surface area contributed by atoms with Gasteiger partial charge in [0.1, 0.15) is 0 Å². The van der Waals surface area contributed by atoms with Crippen LogP contribution < -0.4 is 4.90 Å². The number of carbonyl (C=O) groups excluding carboxylic acids is 1. The molecule has 0 heterocycles. The number of anilines is 3. The summed E-state index contributed by atoms with van der Waals surface area (Å²) in [5.74, 6) is 0.0583.